The summed E-state index contributed by atoms with van der Waals surface area (Å²) in [5, 5.41) is 4.55. The van der Waals surface area contributed by atoms with E-state index in [2.05, 4.69) is 23.3 Å². The molecule has 0 radical (unpaired) electrons. The SMILES string of the molecule is CCOc1ccc2nc(NC(C)CC3CC3)sc2c1. The number of anilines is 1. The molecule has 1 N–H and O–H groups in total. The minimum Gasteiger partial charge on any atom is -0.494 e. The van der Waals surface area contributed by atoms with Crippen LogP contribution in [0.5, 0.6) is 5.75 Å². The van der Waals surface area contributed by atoms with E-state index in [9.17, 15) is 0 Å². The summed E-state index contributed by atoms with van der Waals surface area (Å²) >= 11 is 1.71. The molecule has 0 bridgehead atoms. The summed E-state index contributed by atoms with van der Waals surface area (Å²) in [6.07, 6.45) is 4.08. The van der Waals surface area contributed by atoms with Crippen LogP contribution in [0.2, 0.25) is 0 Å². The number of hydrogen-bond donors (Lipinski definition) is 1. The second-order valence-electron chi connectivity index (χ2n) is 5.31. The van der Waals surface area contributed by atoms with Gasteiger partial charge in [0, 0.05) is 6.04 Å². The van der Waals surface area contributed by atoms with Gasteiger partial charge in [-0.15, -0.1) is 0 Å². The van der Waals surface area contributed by atoms with E-state index in [1.807, 2.05) is 19.1 Å². The van der Waals surface area contributed by atoms with Crippen molar-refractivity contribution >= 4 is 26.7 Å². The lowest BCUT2D eigenvalue weighted by atomic mass is 10.2. The predicted molar refractivity (Wildman–Crippen MR) is 81.2 cm³/mol. The molecule has 19 heavy (non-hydrogen) atoms. The number of thiazole rings is 1. The Labute approximate surface area is 118 Å². The second kappa shape index (κ2) is 5.37. The number of ether oxygens (including phenoxy) is 1. The van der Waals surface area contributed by atoms with Crippen molar-refractivity contribution in [2.75, 3.05) is 11.9 Å². The third kappa shape index (κ3) is 3.18. The monoisotopic (exact) mass is 276 g/mol. The highest BCUT2D eigenvalue weighted by Gasteiger charge is 2.23. The standard InChI is InChI=1S/C15H20N2OS/c1-3-18-12-6-7-13-14(9-12)19-15(17-13)16-10(2)8-11-4-5-11/h6-7,9-11H,3-5,8H2,1-2H3,(H,16,17). The number of hydrogen-bond acceptors (Lipinski definition) is 4. The Morgan fingerprint density at radius 3 is 3.05 bits per heavy atom. The summed E-state index contributed by atoms with van der Waals surface area (Å²) in [5.74, 6) is 1.87. The van der Waals surface area contributed by atoms with Crippen molar-refractivity contribution in [3.05, 3.63) is 18.2 Å². The zero-order chi connectivity index (χ0) is 13.2. The fraction of sp³-hybridized carbons (Fsp3) is 0.533. The summed E-state index contributed by atoms with van der Waals surface area (Å²) in [4.78, 5) is 4.63. The van der Waals surface area contributed by atoms with E-state index in [0.29, 0.717) is 12.6 Å². The molecule has 3 nitrogen and oxygen atoms in total. The van der Waals surface area contributed by atoms with E-state index in [1.54, 1.807) is 11.3 Å². The van der Waals surface area contributed by atoms with Gasteiger partial charge >= 0.3 is 0 Å². The molecule has 0 spiro atoms. The molecule has 0 aliphatic heterocycles. The van der Waals surface area contributed by atoms with Gasteiger partial charge in [-0.05, 0) is 44.4 Å². The van der Waals surface area contributed by atoms with Gasteiger partial charge < -0.3 is 10.1 Å². The molecule has 4 heteroatoms. The van der Waals surface area contributed by atoms with Gasteiger partial charge in [-0.2, -0.15) is 0 Å². The number of nitrogens with one attached hydrogen (secondary N) is 1. The lowest BCUT2D eigenvalue weighted by Gasteiger charge is -2.11. The summed E-state index contributed by atoms with van der Waals surface area (Å²) in [6, 6.07) is 6.61. The van der Waals surface area contributed by atoms with Crippen LogP contribution in [0.4, 0.5) is 5.13 Å². The molecule has 2 aromatic rings. The Balaban J connectivity index is 1.72. The Bertz CT molecular complexity index is 562. The zero-order valence-corrected chi connectivity index (χ0v) is 12.3. The molecule has 102 valence electrons. The quantitative estimate of drug-likeness (QED) is 0.854. The van der Waals surface area contributed by atoms with Crippen LogP contribution >= 0.6 is 11.3 Å². The number of aromatic nitrogens is 1. The van der Waals surface area contributed by atoms with Crippen LogP contribution in [0.3, 0.4) is 0 Å². The highest BCUT2D eigenvalue weighted by atomic mass is 32.1. The van der Waals surface area contributed by atoms with Crippen molar-refractivity contribution in [3.8, 4) is 5.75 Å². The van der Waals surface area contributed by atoms with Crippen molar-refractivity contribution in [1.82, 2.24) is 4.98 Å². The van der Waals surface area contributed by atoms with Crippen LogP contribution in [-0.2, 0) is 0 Å². The van der Waals surface area contributed by atoms with Crippen molar-refractivity contribution in [2.45, 2.75) is 39.2 Å². The zero-order valence-electron chi connectivity index (χ0n) is 11.5. The highest BCUT2D eigenvalue weighted by molar-refractivity contribution is 7.22. The molecular formula is C15H20N2OS. The van der Waals surface area contributed by atoms with Gasteiger partial charge in [-0.3, -0.25) is 0 Å². The first kappa shape index (κ1) is 12.7. The van der Waals surface area contributed by atoms with E-state index in [1.165, 1.54) is 24.0 Å². The number of fused-ring (bicyclic) bond motifs is 1. The average Bonchev–Trinajstić information content (AvgIpc) is 3.07. The van der Waals surface area contributed by atoms with Gasteiger partial charge in [0.15, 0.2) is 5.13 Å². The number of benzene rings is 1. The first-order chi connectivity index (χ1) is 9.24. The fourth-order valence-electron chi connectivity index (χ4n) is 2.35. The topological polar surface area (TPSA) is 34.1 Å². The third-order valence-electron chi connectivity index (χ3n) is 3.42. The first-order valence-electron chi connectivity index (χ1n) is 7.04. The van der Waals surface area contributed by atoms with Crippen LogP contribution in [0.1, 0.15) is 33.1 Å². The van der Waals surface area contributed by atoms with Crippen molar-refractivity contribution < 1.29 is 4.74 Å². The number of nitrogens with zero attached hydrogens (tertiary/aromatic N) is 1. The smallest absolute Gasteiger partial charge is 0.184 e. The lowest BCUT2D eigenvalue weighted by Crippen LogP contribution is -2.15. The van der Waals surface area contributed by atoms with Crippen LogP contribution in [0.15, 0.2) is 18.2 Å². The molecule has 0 saturated heterocycles. The molecule has 1 aromatic heterocycles. The van der Waals surface area contributed by atoms with E-state index < -0.39 is 0 Å². The third-order valence-corrected chi connectivity index (χ3v) is 4.37. The lowest BCUT2D eigenvalue weighted by molar-refractivity contribution is 0.341. The van der Waals surface area contributed by atoms with Crippen LogP contribution in [0.25, 0.3) is 10.2 Å². The fourth-order valence-corrected chi connectivity index (χ4v) is 3.35. The van der Waals surface area contributed by atoms with Crippen LogP contribution in [0, 0.1) is 5.92 Å². The van der Waals surface area contributed by atoms with Gasteiger partial charge in [0.2, 0.25) is 0 Å². The molecule has 0 amide bonds. The van der Waals surface area contributed by atoms with Crippen molar-refractivity contribution in [3.63, 3.8) is 0 Å². The maximum absolute atomic E-state index is 5.52. The van der Waals surface area contributed by atoms with Gasteiger partial charge in [-0.1, -0.05) is 24.2 Å². The molecule has 1 heterocycles. The largest absolute Gasteiger partial charge is 0.494 e. The Hall–Kier alpha value is -1.29. The first-order valence-corrected chi connectivity index (χ1v) is 7.86. The normalized spacial score (nSPS) is 16.5. The molecule has 1 aliphatic rings. The molecule has 1 atom stereocenters. The maximum atomic E-state index is 5.52. The minimum absolute atomic E-state index is 0.513. The van der Waals surface area contributed by atoms with E-state index in [4.69, 9.17) is 4.74 Å². The summed E-state index contributed by atoms with van der Waals surface area (Å²) in [6.45, 7) is 4.95. The van der Waals surface area contributed by atoms with Crippen molar-refractivity contribution in [2.24, 2.45) is 5.92 Å². The average molecular weight is 276 g/mol. The summed E-state index contributed by atoms with van der Waals surface area (Å²) in [7, 11) is 0. The molecule has 1 aromatic carbocycles. The summed E-state index contributed by atoms with van der Waals surface area (Å²) < 4.78 is 6.71. The van der Waals surface area contributed by atoms with Crippen molar-refractivity contribution in [1.29, 1.82) is 0 Å². The molecule has 1 fully saturated rings. The maximum Gasteiger partial charge on any atom is 0.184 e. The van der Waals surface area contributed by atoms with Gasteiger partial charge in [0.25, 0.3) is 0 Å². The Morgan fingerprint density at radius 1 is 1.47 bits per heavy atom. The molecule has 3 rings (SSSR count). The van der Waals surface area contributed by atoms with Gasteiger partial charge in [-0.25, -0.2) is 4.98 Å². The van der Waals surface area contributed by atoms with E-state index >= 15 is 0 Å². The predicted octanol–water partition coefficient (Wildman–Crippen LogP) is 4.30. The van der Waals surface area contributed by atoms with E-state index in [0.717, 1.165) is 22.3 Å². The number of rotatable bonds is 6. The second-order valence-corrected chi connectivity index (χ2v) is 6.34. The minimum atomic E-state index is 0.513. The Kier molecular flexibility index (Phi) is 3.60. The molecule has 1 aliphatic carbocycles. The van der Waals surface area contributed by atoms with Crippen LogP contribution in [-0.4, -0.2) is 17.6 Å². The summed E-state index contributed by atoms with van der Waals surface area (Å²) in [5.41, 5.74) is 1.05. The molecular weight excluding hydrogens is 256 g/mol. The van der Waals surface area contributed by atoms with Gasteiger partial charge in [0.05, 0.1) is 16.8 Å². The van der Waals surface area contributed by atoms with E-state index in [-0.39, 0.29) is 0 Å². The highest BCUT2D eigenvalue weighted by Crippen LogP contribution is 2.35. The van der Waals surface area contributed by atoms with Crippen LogP contribution < -0.4 is 10.1 Å². The molecule has 1 unspecified atom stereocenters. The van der Waals surface area contributed by atoms with Gasteiger partial charge in [0.1, 0.15) is 5.75 Å². The molecule has 1 saturated carbocycles. The Morgan fingerprint density at radius 2 is 2.32 bits per heavy atom.